The van der Waals surface area contributed by atoms with Gasteiger partial charge in [0.05, 0.1) is 6.07 Å². The van der Waals surface area contributed by atoms with E-state index in [9.17, 15) is 0 Å². The molecule has 1 saturated carbocycles. The molecule has 0 N–H and O–H groups in total. The Morgan fingerprint density at radius 1 is 1.15 bits per heavy atom. The van der Waals surface area contributed by atoms with Gasteiger partial charge in [-0.15, -0.1) is 0 Å². The van der Waals surface area contributed by atoms with Gasteiger partial charge in [-0.3, -0.25) is 0 Å². The van der Waals surface area contributed by atoms with Gasteiger partial charge < -0.3 is 0 Å². The summed E-state index contributed by atoms with van der Waals surface area (Å²) in [6, 6.07) is 2.21. The first-order valence-electron chi connectivity index (χ1n) is 5.64. The third kappa shape index (κ3) is 3.81. The number of rotatable bonds is 5. The maximum Gasteiger partial charge on any atom is 0.0621 e. The van der Waals surface area contributed by atoms with Crippen LogP contribution in [0, 0.1) is 16.7 Å². The van der Waals surface area contributed by atoms with Crippen LogP contribution in [-0.4, -0.2) is 0 Å². The summed E-state index contributed by atoms with van der Waals surface area (Å²) in [6.07, 6.45) is 11.6. The smallest absolute Gasteiger partial charge is 0.0621 e. The van der Waals surface area contributed by atoms with E-state index in [0.717, 1.165) is 12.8 Å². The monoisotopic (exact) mass is 179 g/mol. The van der Waals surface area contributed by atoms with Gasteiger partial charge in [0.25, 0.3) is 0 Å². The van der Waals surface area contributed by atoms with E-state index in [0.29, 0.717) is 5.41 Å². The molecule has 13 heavy (non-hydrogen) atoms. The van der Waals surface area contributed by atoms with E-state index in [1.807, 2.05) is 0 Å². The van der Waals surface area contributed by atoms with E-state index in [-0.39, 0.29) is 0 Å². The summed E-state index contributed by atoms with van der Waals surface area (Å²) in [6.45, 7) is 2.43. The number of hydrogen-bond acceptors (Lipinski definition) is 1. The van der Waals surface area contributed by atoms with Crippen LogP contribution in [0.1, 0.15) is 64.7 Å². The lowest BCUT2D eigenvalue weighted by Gasteiger charge is -2.22. The van der Waals surface area contributed by atoms with Crippen molar-refractivity contribution in [2.45, 2.75) is 64.7 Å². The Balaban J connectivity index is 2.02. The third-order valence-corrected chi connectivity index (χ3v) is 3.38. The standard InChI is InChI=1S/C12H21N/c1-12(9-5-6-10-12)8-4-2-3-7-11-13/h2-10H2,1H3. The Morgan fingerprint density at radius 2 is 1.85 bits per heavy atom. The molecule has 1 fully saturated rings. The summed E-state index contributed by atoms with van der Waals surface area (Å²) < 4.78 is 0. The first kappa shape index (κ1) is 10.6. The third-order valence-electron chi connectivity index (χ3n) is 3.38. The summed E-state index contributed by atoms with van der Waals surface area (Å²) in [4.78, 5) is 0. The summed E-state index contributed by atoms with van der Waals surface area (Å²) in [7, 11) is 0. The van der Waals surface area contributed by atoms with Crippen molar-refractivity contribution in [2.75, 3.05) is 0 Å². The molecular formula is C12H21N. The first-order valence-corrected chi connectivity index (χ1v) is 5.64. The zero-order valence-electron chi connectivity index (χ0n) is 8.81. The Hall–Kier alpha value is -0.510. The van der Waals surface area contributed by atoms with E-state index in [4.69, 9.17) is 5.26 Å². The molecule has 0 radical (unpaired) electrons. The molecule has 0 aromatic heterocycles. The fourth-order valence-corrected chi connectivity index (χ4v) is 2.41. The second-order valence-corrected chi connectivity index (χ2v) is 4.74. The Morgan fingerprint density at radius 3 is 2.46 bits per heavy atom. The van der Waals surface area contributed by atoms with Gasteiger partial charge in [-0.25, -0.2) is 0 Å². The first-order chi connectivity index (χ1) is 6.27. The van der Waals surface area contributed by atoms with Crippen LogP contribution in [0.3, 0.4) is 0 Å². The topological polar surface area (TPSA) is 23.8 Å². The van der Waals surface area contributed by atoms with Gasteiger partial charge in [0, 0.05) is 6.42 Å². The van der Waals surface area contributed by atoms with Crippen LogP contribution in [0.4, 0.5) is 0 Å². The summed E-state index contributed by atoms with van der Waals surface area (Å²) in [5, 5.41) is 8.38. The summed E-state index contributed by atoms with van der Waals surface area (Å²) in [5.41, 5.74) is 0.659. The van der Waals surface area contributed by atoms with Crippen LogP contribution in [0.25, 0.3) is 0 Å². The highest BCUT2D eigenvalue weighted by Crippen LogP contribution is 2.41. The van der Waals surface area contributed by atoms with Crippen molar-refractivity contribution in [1.29, 1.82) is 5.26 Å². The van der Waals surface area contributed by atoms with Gasteiger partial charge in [0.15, 0.2) is 0 Å². The van der Waals surface area contributed by atoms with Crippen molar-refractivity contribution < 1.29 is 0 Å². The zero-order valence-corrected chi connectivity index (χ0v) is 8.81. The average Bonchev–Trinajstić information content (AvgIpc) is 2.53. The minimum Gasteiger partial charge on any atom is -0.198 e. The second-order valence-electron chi connectivity index (χ2n) is 4.74. The summed E-state index contributed by atoms with van der Waals surface area (Å²) in [5.74, 6) is 0. The lowest BCUT2D eigenvalue weighted by molar-refractivity contribution is 0.295. The SMILES string of the molecule is CC1(CCCCCC#N)CCCC1. The van der Waals surface area contributed by atoms with E-state index in [1.54, 1.807) is 0 Å². The number of nitriles is 1. The molecule has 1 rings (SSSR count). The van der Waals surface area contributed by atoms with Crippen molar-refractivity contribution >= 4 is 0 Å². The van der Waals surface area contributed by atoms with Crippen molar-refractivity contribution in [3.63, 3.8) is 0 Å². The van der Waals surface area contributed by atoms with Crippen molar-refractivity contribution in [1.82, 2.24) is 0 Å². The molecule has 1 heteroatoms. The van der Waals surface area contributed by atoms with Crippen LogP contribution >= 0.6 is 0 Å². The van der Waals surface area contributed by atoms with E-state index in [2.05, 4.69) is 13.0 Å². The minimum absolute atomic E-state index is 0.659. The van der Waals surface area contributed by atoms with Crippen LogP contribution in [0.2, 0.25) is 0 Å². The van der Waals surface area contributed by atoms with Crippen LogP contribution < -0.4 is 0 Å². The minimum atomic E-state index is 0.659. The van der Waals surface area contributed by atoms with Gasteiger partial charge in [0.1, 0.15) is 0 Å². The van der Waals surface area contributed by atoms with Crippen LogP contribution in [0.15, 0.2) is 0 Å². The Labute approximate surface area is 82.1 Å². The van der Waals surface area contributed by atoms with E-state index in [1.165, 1.54) is 44.9 Å². The quantitative estimate of drug-likeness (QED) is 0.584. The molecule has 0 atom stereocenters. The predicted molar refractivity (Wildman–Crippen MR) is 55.3 cm³/mol. The summed E-state index contributed by atoms with van der Waals surface area (Å²) >= 11 is 0. The molecule has 74 valence electrons. The van der Waals surface area contributed by atoms with Gasteiger partial charge in [-0.2, -0.15) is 5.26 Å². The zero-order chi connectivity index (χ0) is 9.57. The fraction of sp³-hybridized carbons (Fsp3) is 0.917. The molecule has 0 saturated heterocycles. The normalized spacial score (nSPS) is 20.0. The molecule has 0 aromatic carbocycles. The van der Waals surface area contributed by atoms with E-state index >= 15 is 0 Å². The maximum atomic E-state index is 8.38. The molecule has 1 nitrogen and oxygen atoms in total. The lowest BCUT2D eigenvalue weighted by Crippen LogP contribution is -2.10. The van der Waals surface area contributed by atoms with Crippen LogP contribution in [0.5, 0.6) is 0 Å². The van der Waals surface area contributed by atoms with Gasteiger partial charge in [-0.05, 0) is 31.1 Å². The molecule has 0 heterocycles. The number of hydrogen-bond donors (Lipinski definition) is 0. The molecule has 0 spiro atoms. The highest BCUT2D eigenvalue weighted by Gasteiger charge is 2.27. The highest BCUT2D eigenvalue weighted by molar-refractivity contribution is 4.80. The molecule has 0 unspecified atom stereocenters. The van der Waals surface area contributed by atoms with Gasteiger partial charge >= 0.3 is 0 Å². The molecule has 0 bridgehead atoms. The lowest BCUT2D eigenvalue weighted by atomic mass is 9.83. The maximum absolute atomic E-state index is 8.38. The van der Waals surface area contributed by atoms with Gasteiger partial charge in [0.2, 0.25) is 0 Å². The Bertz CT molecular complexity index is 172. The van der Waals surface area contributed by atoms with E-state index < -0.39 is 0 Å². The highest BCUT2D eigenvalue weighted by atomic mass is 14.3. The number of nitrogens with zero attached hydrogens (tertiary/aromatic N) is 1. The largest absolute Gasteiger partial charge is 0.198 e. The van der Waals surface area contributed by atoms with Crippen LogP contribution in [-0.2, 0) is 0 Å². The molecule has 1 aliphatic carbocycles. The molecule has 0 aliphatic heterocycles. The molecule has 0 aromatic rings. The molecule has 0 amide bonds. The predicted octanol–water partition coefficient (Wildman–Crippen LogP) is 4.04. The molecule has 1 aliphatic rings. The fourth-order valence-electron chi connectivity index (χ4n) is 2.41. The average molecular weight is 179 g/mol. The van der Waals surface area contributed by atoms with Gasteiger partial charge in [-0.1, -0.05) is 32.6 Å². The van der Waals surface area contributed by atoms with Crippen molar-refractivity contribution in [3.8, 4) is 6.07 Å². The van der Waals surface area contributed by atoms with Crippen molar-refractivity contribution in [3.05, 3.63) is 0 Å². The Kier molecular flexibility index (Phi) is 4.28. The van der Waals surface area contributed by atoms with Crippen molar-refractivity contribution in [2.24, 2.45) is 5.41 Å². The number of unbranched alkanes of at least 4 members (excludes halogenated alkanes) is 3. The second kappa shape index (κ2) is 5.27. The molecular weight excluding hydrogens is 158 g/mol.